The molecule has 0 amide bonds. The summed E-state index contributed by atoms with van der Waals surface area (Å²) >= 11 is 0. The average Bonchev–Trinajstić information content (AvgIpc) is 2.52. The molecule has 1 aromatic carbocycles. The Morgan fingerprint density at radius 1 is 1.19 bits per heavy atom. The molecule has 1 fully saturated rings. The van der Waals surface area contributed by atoms with Gasteiger partial charge < -0.3 is 10.2 Å². The standard InChI is InChI=1S/C20H34N4O2S/c1-18(2,3)23-27(25,26)16-12-10-9-11-15(16)13-22-17(21-8)24-14-19(4,5)20(24,6)7/h9-12,23H,13-14H2,1-8H3,(H,21,22). The minimum absolute atomic E-state index is 0.0196. The van der Waals surface area contributed by atoms with Gasteiger partial charge in [0.05, 0.1) is 4.90 Å². The van der Waals surface area contributed by atoms with Gasteiger partial charge in [0.2, 0.25) is 10.0 Å². The molecule has 0 aromatic heterocycles. The lowest BCUT2D eigenvalue weighted by molar-refractivity contribution is -0.0668. The van der Waals surface area contributed by atoms with Crippen molar-refractivity contribution < 1.29 is 8.42 Å². The van der Waals surface area contributed by atoms with E-state index < -0.39 is 15.6 Å². The summed E-state index contributed by atoms with van der Waals surface area (Å²) in [4.78, 5) is 6.93. The highest BCUT2D eigenvalue weighted by Gasteiger charge is 2.53. The summed E-state index contributed by atoms with van der Waals surface area (Å²) in [5, 5.41) is 3.34. The minimum atomic E-state index is -3.60. The fraction of sp³-hybridized carbons (Fsp3) is 0.650. The summed E-state index contributed by atoms with van der Waals surface area (Å²) in [5.41, 5.74) is 0.354. The molecule has 2 N–H and O–H groups in total. The first kappa shape index (κ1) is 21.7. The lowest BCUT2D eigenvalue weighted by Gasteiger charge is -2.62. The van der Waals surface area contributed by atoms with Crippen LogP contribution in [0, 0.1) is 5.41 Å². The third-order valence-corrected chi connectivity index (χ3v) is 7.35. The molecule has 6 nitrogen and oxygen atoms in total. The van der Waals surface area contributed by atoms with E-state index in [1.165, 1.54) is 0 Å². The lowest BCUT2D eigenvalue weighted by Crippen LogP contribution is -2.72. The zero-order valence-electron chi connectivity index (χ0n) is 17.8. The molecular formula is C20H34N4O2S. The maximum atomic E-state index is 12.8. The van der Waals surface area contributed by atoms with Crippen molar-refractivity contribution in [3.8, 4) is 0 Å². The van der Waals surface area contributed by atoms with Crippen molar-refractivity contribution in [1.82, 2.24) is 14.9 Å². The minimum Gasteiger partial charge on any atom is -0.352 e. The van der Waals surface area contributed by atoms with E-state index in [9.17, 15) is 8.42 Å². The Morgan fingerprint density at radius 2 is 1.78 bits per heavy atom. The van der Waals surface area contributed by atoms with Gasteiger partial charge in [0.1, 0.15) is 0 Å². The van der Waals surface area contributed by atoms with Gasteiger partial charge in [-0.15, -0.1) is 0 Å². The van der Waals surface area contributed by atoms with Crippen LogP contribution in [0.2, 0.25) is 0 Å². The van der Waals surface area contributed by atoms with E-state index in [4.69, 9.17) is 0 Å². The van der Waals surface area contributed by atoms with Crippen molar-refractivity contribution in [2.24, 2.45) is 10.4 Å². The quantitative estimate of drug-likeness (QED) is 0.608. The molecule has 1 aliphatic heterocycles. The number of benzene rings is 1. The van der Waals surface area contributed by atoms with Gasteiger partial charge in [-0.3, -0.25) is 4.99 Å². The molecule has 1 saturated heterocycles. The zero-order valence-corrected chi connectivity index (χ0v) is 18.7. The summed E-state index contributed by atoms with van der Waals surface area (Å²) in [5.74, 6) is 0.787. The number of nitrogens with one attached hydrogen (secondary N) is 2. The van der Waals surface area contributed by atoms with Gasteiger partial charge >= 0.3 is 0 Å². The summed E-state index contributed by atoms with van der Waals surface area (Å²) in [6.45, 7) is 15.7. The van der Waals surface area contributed by atoms with E-state index in [0.29, 0.717) is 17.0 Å². The molecule has 0 radical (unpaired) electrons. The highest BCUT2D eigenvalue weighted by Crippen LogP contribution is 2.46. The normalized spacial score (nSPS) is 19.6. The van der Waals surface area contributed by atoms with Crippen LogP contribution in [-0.2, 0) is 16.6 Å². The first-order chi connectivity index (χ1) is 12.2. The topological polar surface area (TPSA) is 73.8 Å². The van der Waals surface area contributed by atoms with Gasteiger partial charge in [-0.05, 0) is 46.2 Å². The lowest BCUT2D eigenvalue weighted by atomic mass is 9.65. The highest BCUT2D eigenvalue weighted by molar-refractivity contribution is 7.89. The second-order valence-corrected chi connectivity index (χ2v) is 11.0. The van der Waals surface area contributed by atoms with Gasteiger partial charge in [-0.1, -0.05) is 32.0 Å². The number of sulfonamides is 1. The summed E-state index contributed by atoms with van der Waals surface area (Å²) in [7, 11) is -1.84. The molecule has 2 rings (SSSR count). The molecule has 0 atom stereocenters. The van der Waals surface area contributed by atoms with Crippen molar-refractivity contribution in [3.63, 3.8) is 0 Å². The van der Waals surface area contributed by atoms with Gasteiger partial charge in [0.15, 0.2) is 5.96 Å². The maximum absolute atomic E-state index is 12.8. The molecule has 152 valence electrons. The van der Waals surface area contributed by atoms with Crippen molar-refractivity contribution in [2.45, 2.75) is 71.0 Å². The van der Waals surface area contributed by atoms with Crippen LogP contribution in [0.25, 0.3) is 0 Å². The predicted molar refractivity (Wildman–Crippen MR) is 111 cm³/mol. The molecule has 0 spiro atoms. The molecule has 0 bridgehead atoms. The number of likely N-dealkylation sites (tertiary alicyclic amines) is 1. The van der Waals surface area contributed by atoms with E-state index >= 15 is 0 Å². The van der Waals surface area contributed by atoms with Crippen molar-refractivity contribution in [1.29, 1.82) is 0 Å². The smallest absolute Gasteiger partial charge is 0.241 e. The molecule has 7 heteroatoms. The van der Waals surface area contributed by atoms with Crippen LogP contribution in [0.5, 0.6) is 0 Å². The fourth-order valence-electron chi connectivity index (χ4n) is 3.24. The monoisotopic (exact) mass is 394 g/mol. The number of nitrogens with zero attached hydrogens (tertiary/aromatic N) is 2. The van der Waals surface area contributed by atoms with Crippen LogP contribution in [0.3, 0.4) is 0 Å². The average molecular weight is 395 g/mol. The molecule has 0 unspecified atom stereocenters. The van der Waals surface area contributed by atoms with Crippen LogP contribution < -0.4 is 10.0 Å². The highest BCUT2D eigenvalue weighted by atomic mass is 32.2. The van der Waals surface area contributed by atoms with Gasteiger partial charge in [0, 0.05) is 36.6 Å². The second-order valence-electron chi connectivity index (χ2n) is 9.39. The maximum Gasteiger partial charge on any atom is 0.241 e. The van der Waals surface area contributed by atoms with Crippen molar-refractivity contribution in [2.75, 3.05) is 13.6 Å². The van der Waals surface area contributed by atoms with Crippen LogP contribution >= 0.6 is 0 Å². The Kier molecular flexibility index (Phi) is 5.70. The Bertz CT molecular complexity index is 821. The Morgan fingerprint density at radius 3 is 2.26 bits per heavy atom. The summed E-state index contributed by atoms with van der Waals surface area (Å²) < 4.78 is 28.3. The van der Waals surface area contributed by atoms with Gasteiger partial charge in [-0.2, -0.15) is 0 Å². The molecule has 0 aliphatic carbocycles. The van der Waals surface area contributed by atoms with Gasteiger partial charge in [0.25, 0.3) is 0 Å². The Labute approximate surface area is 164 Å². The SMILES string of the molecule is CN=C(NCc1ccccc1S(=O)(=O)NC(C)(C)C)N1CC(C)(C)C1(C)C. The third kappa shape index (κ3) is 4.46. The van der Waals surface area contributed by atoms with Crippen LogP contribution in [0.4, 0.5) is 0 Å². The van der Waals surface area contributed by atoms with Crippen molar-refractivity contribution >= 4 is 16.0 Å². The Hall–Kier alpha value is -1.60. The van der Waals surface area contributed by atoms with E-state index in [0.717, 1.165) is 12.5 Å². The number of aliphatic imine (C=N–C) groups is 1. The summed E-state index contributed by atoms with van der Waals surface area (Å²) in [6, 6.07) is 7.08. The largest absolute Gasteiger partial charge is 0.352 e. The second kappa shape index (κ2) is 7.09. The fourth-order valence-corrected chi connectivity index (χ4v) is 4.90. The predicted octanol–water partition coefficient (Wildman–Crippen LogP) is 2.96. The Balaban J connectivity index is 2.20. The third-order valence-electron chi connectivity index (χ3n) is 5.49. The van der Waals surface area contributed by atoms with E-state index in [-0.39, 0.29) is 11.0 Å². The summed E-state index contributed by atoms with van der Waals surface area (Å²) in [6.07, 6.45) is 0. The van der Waals surface area contributed by atoms with E-state index in [1.54, 1.807) is 19.2 Å². The number of hydrogen-bond donors (Lipinski definition) is 2. The van der Waals surface area contributed by atoms with Crippen molar-refractivity contribution in [3.05, 3.63) is 29.8 Å². The van der Waals surface area contributed by atoms with Crippen LogP contribution in [0.1, 0.15) is 54.0 Å². The first-order valence-electron chi connectivity index (χ1n) is 9.31. The van der Waals surface area contributed by atoms with Gasteiger partial charge in [-0.25, -0.2) is 13.1 Å². The number of rotatable bonds is 4. The van der Waals surface area contributed by atoms with E-state index in [2.05, 4.69) is 47.6 Å². The molecule has 1 heterocycles. The number of guanidine groups is 1. The van der Waals surface area contributed by atoms with Crippen LogP contribution in [0.15, 0.2) is 34.2 Å². The van der Waals surface area contributed by atoms with Crippen LogP contribution in [-0.4, -0.2) is 43.9 Å². The molecule has 1 aromatic rings. The molecular weight excluding hydrogens is 360 g/mol. The number of hydrogen-bond acceptors (Lipinski definition) is 3. The molecule has 0 saturated carbocycles. The molecule has 1 aliphatic rings. The first-order valence-corrected chi connectivity index (χ1v) is 10.8. The zero-order chi connectivity index (χ0) is 20.7. The molecule has 27 heavy (non-hydrogen) atoms. The van der Waals surface area contributed by atoms with E-state index in [1.807, 2.05) is 32.9 Å².